The molecule has 0 amide bonds. The van der Waals surface area contributed by atoms with Crippen LogP contribution in [0.4, 0.5) is 5.69 Å². The summed E-state index contributed by atoms with van der Waals surface area (Å²) >= 11 is 5.87. The Morgan fingerprint density at radius 3 is 2.57 bits per heavy atom. The first kappa shape index (κ1) is 9.62. The van der Waals surface area contributed by atoms with Gasteiger partial charge in [0.2, 0.25) is 0 Å². The number of hydrogen-bond acceptors (Lipinski definition) is 3. The van der Waals surface area contributed by atoms with Crippen LogP contribution < -0.4 is 10.2 Å². The van der Waals surface area contributed by atoms with E-state index in [-0.39, 0.29) is 5.75 Å². The second-order valence-corrected chi connectivity index (χ2v) is 3.84. The zero-order valence-electron chi connectivity index (χ0n) is 7.83. The highest BCUT2D eigenvalue weighted by molar-refractivity contribution is 6.31. The highest BCUT2D eigenvalue weighted by atomic mass is 35.5. The fourth-order valence-corrected chi connectivity index (χ4v) is 1.89. The van der Waals surface area contributed by atoms with Crippen molar-refractivity contribution in [3.63, 3.8) is 0 Å². The van der Waals surface area contributed by atoms with Crippen molar-refractivity contribution < 1.29 is 5.11 Å². The van der Waals surface area contributed by atoms with Crippen LogP contribution >= 0.6 is 11.6 Å². The van der Waals surface area contributed by atoms with Crippen molar-refractivity contribution in [2.75, 3.05) is 31.1 Å². The number of hydrogen-bond donors (Lipinski definition) is 2. The lowest BCUT2D eigenvalue weighted by molar-refractivity contribution is 0.475. The van der Waals surface area contributed by atoms with Gasteiger partial charge in [0.25, 0.3) is 0 Å². The minimum Gasteiger partial charge on any atom is -0.508 e. The van der Waals surface area contributed by atoms with E-state index in [1.807, 2.05) is 6.07 Å². The van der Waals surface area contributed by atoms with E-state index in [2.05, 4.69) is 10.2 Å². The van der Waals surface area contributed by atoms with Gasteiger partial charge in [0.1, 0.15) is 5.75 Å². The largest absolute Gasteiger partial charge is 0.508 e. The summed E-state index contributed by atoms with van der Waals surface area (Å²) in [5, 5.41) is 13.3. The van der Waals surface area contributed by atoms with E-state index in [0.29, 0.717) is 5.02 Å². The number of nitrogens with zero attached hydrogens (tertiary/aromatic N) is 1. The van der Waals surface area contributed by atoms with Crippen LogP contribution in [0.1, 0.15) is 0 Å². The van der Waals surface area contributed by atoms with Crippen molar-refractivity contribution in [3.8, 4) is 5.75 Å². The average Bonchev–Trinajstić information content (AvgIpc) is 2.18. The van der Waals surface area contributed by atoms with Crippen LogP contribution in [0, 0.1) is 0 Å². The molecule has 1 aromatic rings. The Morgan fingerprint density at radius 2 is 1.93 bits per heavy atom. The van der Waals surface area contributed by atoms with Crippen LogP contribution in [0.15, 0.2) is 18.2 Å². The van der Waals surface area contributed by atoms with Crippen molar-refractivity contribution >= 4 is 17.3 Å². The van der Waals surface area contributed by atoms with Crippen molar-refractivity contribution in [2.45, 2.75) is 0 Å². The predicted octanol–water partition coefficient (Wildman–Crippen LogP) is 1.46. The summed E-state index contributed by atoms with van der Waals surface area (Å²) in [5.41, 5.74) is 0.997. The Labute approximate surface area is 88.3 Å². The minimum absolute atomic E-state index is 0.228. The van der Waals surface area contributed by atoms with Gasteiger partial charge in [0.05, 0.1) is 0 Å². The third-order valence-electron chi connectivity index (χ3n) is 2.35. The molecule has 0 aromatic heterocycles. The molecular formula is C10H13ClN2O. The molecule has 1 saturated heterocycles. The molecule has 0 aliphatic carbocycles. The lowest BCUT2D eigenvalue weighted by atomic mass is 10.2. The maximum atomic E-state index is 9.40. The highest BCUT2D eigenvalue weighted by Gasteiger charge is 2.11. The van der Waals surface area contributed by atoms with Gasteiger partial charge in [-0.15, -0.1) is 0 Å². The first-order valence-electron chi connectivity index (χ1n) is 4.71. The molecule has 0 atom stereocenters. The zero-order valence-corrected chi connectivity index (χ0v) is 8.59. The van der Waals surface area contributed by atoms with Crippen LogP contribution in [-0.2, 0) is 0 Å². The number of aromatic hydroxyl groups is 1. The van der Waals surface area contributed by atoms with Crippen molar-refractivity contribution in [3.05, 3.63) is 23.2 Å². The van der Waals surface area contributed by atoms with Crippen LogP contribution in [0.5, 0.6) is 5.75 Å². The SMILES string of the molecule is Oc1cc(Cl)cc(N2CCNCC2)c1. The van der Waals surface area contributed by atoms with E-state index >= 15 is 0 Å². The molecule has 0 unspecified atom stereocenters. The van der Waals surface area contributed by atoms with Gasteiger partial charge in [-0.3, -0.25) is 0 Å². The van der Waals surface area contributed by atoms with Gasteiger partial charge in [-0.1, -0.05) is 11.6 Å². The molecule has 76 valence electrons. The second kappa shape index (κ2) is 4.07. The van der Waals surface area contributed by atoms with Crippen molar-refractivity contribution in [1.29, 1.82) is 0 Å². The van der Waals surface area contributed by atoms with E-state index in [9.17, 15) is 5.11 Å². The van der Waals surface area contributed by atoms with E-state index in [0.717, 1.165) is 31.9 Å². The number of phenolic OH excluding ortho intramolecular Hbond substituents is 1. The van der Waals surface area contributed by atoms with Gasteiger partial charge in [-0.25, -0.2) is 0 Å². The normalized spacial score (nSPS) is 17.1. The molecule has 0 bridgehead atoms. The fourth-order valence-electron chi connectivity index (χ4n) is 1.66. The van der Waals surface area contributed by atoms with E-state index in [1.165, 1.54) is 0 Å². The highest BCUT2D eigenvalue weighted by Crippen LogP contribution is 2.26. The number of nitrogens with one attached hydrogen (secondary N) is 1. The van der Waals surface area contributed by atoms with Gasteiger partial charge in [0, 0.05) is 43.0 Å². The molecule has 3 nitrogen and oxygen atoms in total. The number of piperazine rings is 1. The Balaban J connectivity index is 2.21. The minimum atomic E-state index is 0.228. The van der Waals surface area contributed by atoms with Crippen molar-refractivity contribution in [1.82, 2.24) is 5.32 Å². The van der Waals surface area contributed by atoms with Crippen LogP contribution in [0.2, 0.25) is 5.02 Å². The molecule has 1 aromatic carbocycles. The van der Waals surface area contributed by atoms with E-state index in [1.54, 1.807) is 12.1 Å². The van der Waals surface area contributed by atoms with Crippen LogP contribution in [0.25, 0.3) is 0 Å². The summed E-state index contributed by atoms with van der Waals surface area (Å²) in [7, 11) is 0. The number of phenols is 1. The monoisotopic (exact) mass is 212 g/mol. The third kappa shape index (κ3) is 2.11. The lowest BCUT2D eigenvalue weighted by Gasteiger charge is -2.29. The van der Waals surface area contributed by atoms with E-state index in [4.69, 9.17) is 11.6 Å². The summed E-state index contributed by atoms with van der Waals surface area (Å²) in [6, 6.07) is 5.18. The van der Waals surface area contributed by atoms with Crippen molar-refractivity contribution in [2.24, 2.45) is 0 Å². The molecule has 0 radical (unpaired) electrons. The Hall–Kier alpha value is -0.930. The average molecular weight is 213 g/mol. The zero-order chi connectivity index (χ0) is 9.97. The number of benzene rings is 1. The molecule has 1 heterocycles. The van der Waals surface area contributed by atoms with Gasteiger partial charge in [-0.05, 0) is 12.1 Å². The lowest BCUT2D eigenvalue weighted by Crippen LogP contribution is -2.43. The number of anilines is 1. The van der Waals surface area contributed by atoms with Gasteiger partial charge >= 0.3 is 0 Å². The molecule has 1 aliphatic rings. The Morgan fingerprint density at radius 1 is 1.21 bits per heavy atom. The quantitative estimate of drug-likeness (QED) is 0.740. The number of rotatable bonds is 1. The first-order valence-corrected chi connectivity index (χ1v) is 5.09. The summed E-state index contributed by atoms with van der Waals surface area (Å²) < 4.78 is 0. The molecule has 1 aliphatic heterocycles. The van der Waals surface area contributed by atoms with Crippen LogP contribution in [0.3, 0.4) is 0 Å². The Kier molecular flexibility index (Phi) is 2.79. The molecule has 2 N–H and O–H groups in total. The second-order valence-electron chi connectivity index (χ2n) is 3.40. The van der Waals surface area contributed by atoms with Gasteiger partial charge in [0.15, 0.2) is 0 Å². The number of halogens is 1. The maximum Gasteiger partial charge on any atom is 0.119 e. The Bertz CT molecular complexity index is 304. The molecule has 0 spiro atoms. The van der Waals surface area contributed by atoms with Gasteiger partial charge < -0.3 is 15.3 Å². The van der Waals surface area contributed by atoms with E-state index < -0.39 is 0 Å². The maximum absolute atomic E-state index is 9.40. The summed E-state index contributed by atoms with van der Waals surface area (Å²) in [6.45, 7) is 3.88. The van der Waals surface area contributed by atoms with Crippen LogP contribution in [-0.4, -0.2) is 31.3 Å². The molecular weight excluding hydrogens is 200 g/mol. The molecule has 4 heteroatoms. The summed E-state index contributed by atoms with van der Waals surface area (Å²) in [5.74, 6) is 0.228. The smallest absolute Gasteiger partial charge is 0.119 e. The topological polar surface area (TPSA) is 35.5 Å². The first-order chi connectivity index (χ1) is 6.75. The molecule has 1 fully saturated rings. The summed E-state index contributed by atoms with van der Waals surface area (Å²) in [6.07, 6.45) is 0. The standard InChI is InChI=1S/C10H13ClN2O/c11-8-5-9(7-10(14)6-8)13-3-1-12-2-4-13/h5-7,12,14H,1-4H2. The fraction of sp³-hybridized carbons (Fsp3) is 0.400. The molecule has 0 saturated carbocycles. The van der Waals surface area contributed by atoms with Gasteiger partial charge in [-0.2, -0.15) is 0 Å². The predicted molar refractivity (Wildman–Crippen MR) is 58.2 cm³/mol. The molecule has 2 rings (SSSR count). The third-order valence-corrected chi connectivity index (χ3v) is 2.57. The molecule has 14 heavy (non-hydrogen) atoms. The summed E-state index contributed by atoms with van der Waals surface area (Å²) in [4.78, 5) is 2.21.